The Morgan fingerprint density at radius 2 is 1.86 bits per heavy atom. The van der Waals surface area contributed by atoms with Gasteiger partial charge in [-0.05, 0) is 18.4 Å². The molecule has 14 heavy (non-hydrogen) atoms. The van der Waals surface area contributed by atoms with E-state index < -0.39 is 6.10 Å². The lowest BCUT2D eigenvalue weighted by atomic mass is 9.95. The van der Waals surface area contributed by atoms with Crippen molar-refractivity contribution >= 4 is 0 Å². The summed E-state index contributed by atoms with van der Waals surface area (Å²) < 4.78 is 0. The molecule has 0 heterocycles. The third kappa shape index (κ3) is 3.13. The fourth-order valence-electron chi connectivity index (χ4n) is 1.55. The summed E-state index contributed by atoms with van der Waals surface area (Å²) in [6, 6.07) is 9.86. The van der Waals surface area contributed by atoms with Crippen molar-refractivity contribution in [2.45, 2.75) is 25.9 Å². The van der Waals surface area contributed by atoms with Gasteiger partial charge in [0.15, 0.2) is 0 Å². The van der Waals surface area contributed by atoms with Gasteiger partial charge in [-0.25, -0.2) is 0 Å². The Hall–Kier alpha value is -0.860. The minimum absolute atomic E-state index is 0.00444. The maximum atomic E-state index is 9.80. The summed E-state index contributed by atoms with van der Waals surface area (Å²) in [5.41, 5.74) is 1.12. The van der Waals surface area contributed by atoms with Crippen LogP contribution in [0.5, 0.6) is 0 Å². The zero-order valence-electron chi connectivity index (χ0n) is 8.56. The first-order valence-corrected chi connectivity index (χ1v) is 5.10. The summed E-state index contributed by atoms with van der Waals surface area (Å²) in [4.78, 5) is 0. The van der Waals surface area contributed by atoms with Crippen LogP contribution in [0.2, 0.25) is 0 Å². The molecule has 0 bridgehead atoms. The molecular formula is C12H18O2. The monoisotopic (exact) mass is 194 g/mol. The molecule has 0 saturated heterocycles. The topological polar surface area (TPSA) is 40.5 Å². The summed E-state index contributed by atoms with van der Waals surface area (Å²) >= 11 is 0. The molecule has 0 fully saturated rings. The van der Waals surface area contributed by atoms with Crippen LogP contribution in [0.15, 0.2) is 30.3 Å². The van der Waals surface area contributed by atoms with Crippen LogP contribution in [0.25, 0.3) is 0 Å². The second-order valence-electron chi connectivity index (χ2n) is 3.61. The summed E-state index contributed by atoms with van der Waals surface area (Å²) in [5.74, 6) is -0.00444. The quantitative estimate of drug-likeness (QED) is 0.747. The molecular weight excluding hydrogens is 176 g/mol. The van der Waals surface area contributed by atoms with Crippen LogP contribution in [0, 0.1) is 5.92 Å². The van der Waals surface area contributed by atoms with Crippen molar-refractivity contribution in [3.63, 3.8) is 0 Å². The van der Waals surface area contributed by atoms with E-state index in [4.69, 9.17) is 5.11 Å². The molecule has 0 aromatic heterocycles. The van der Waals surface area contributed by atoms with Crippen LogP contribution in [-0.2, 0) is 6.42 Å². The highest BCUT2D eigenvalue weighted by atomic mass is 16.3. The number of aliphatic hydroxyl groups is 2. The molecule has 0 amide bonds. The highest BCUT2D eigenvalue weighted by Gasteiger charge is 2.16. The SMILES string of the molecule is CC[C@H](CO)[C@H](O)Cc1ccccc1. The largest absolute Gasteiger partial charge is 0.396 e. The van der Waals surface area contributed by atoms with E-state index >= 15 is 0 Å². The molecule has 0 unspecified atom stereocenters. The molecule has 0 aliphatic rings. The normalized spacial score (nSPS) is 15.1. The summed E-state index contributed by atoms with van der Waals surface area (Å²) in [5, 5.41) is 18.8. The van der Waals surface area contributed by atoms with Gasteiger partial charge in [-0.2, -0.15) is 0 Å². The molecule has 78 valence electrons. The smallest absolute Gasteiger partial charge is 0.0630 e. The van der Waals surface area contributed by atoms with Gasteiger partial charge in [0.2, 0.25) is 0 Å². The van der Waals surface area contributed by atoms with Crippen molar-refractivity contribution < 1.29 is 10.2 Å². The van der Waals surface area contributed by atoms with Gasteiger partial charge in [-0.1, -0.05) is 37.3 Å². The van der Waals surface area contributed by atoms with Gasteiger partial charge >= 0.3 is 0 Å². The van der Waals surface area contributed by atoms with E-state index in [0.29, 0.717) is 6.42 Å². The van der Waals surface area contributed by atoms with Crippen molar-refractivity contribution in [3.05, 3.63) is 35.9 Å². The summed E-state index contributed by atoms with van der Waals surface area (Å²) in [7, 11) is 0. The average molecular weight is 194 g/mol. The van der Waals surface area contributed by atoms with Gasteiger partial charge in [0, 0.05) is 12.5 Å². The van der Waals surface area contributed by atoms with Crippen molar-refractivity contribution in [2.24, 2.45) is 5.92 Å². The van der Waals surface area contributed by atoms with Gasteiger partial charge in [0.05, 0.1) is 6.10 Å². The van der Waals surface area contributed by atoms with Crippen molar-refractivity contribution in [2.75, 3.05) is 6.61 Å². The summed E-state index contributed by atoms with van der Waals surface area (Å²) in [6.45, 7) is 2.04. The Bertz CT molecular complexity index is 242. The number of hydrogen-bond donors (Lipinski definition) is 2. The lowest BCUT2D eigenvalue weighted by Crippen LogP contribution is -2.25. The molecule has 0 spiro atoms. The molecule has 0 aliphatic carbocycles. The van der Waals surface area contributed by atoms with Gasteiger partial charge in [0.1, 0.15) is 0 Å². The predicted molar refractivity (Wildman–Crippen MR) is 57.0 cm³/mol. The van der Waals surface area contributed by atoms with E-state index in [-0.39, 0.29) is 12.5 Å². The molecule has 1 aromatic rings. The van der Waals surface area contributed by atoms with Crippen molar-refractivity contribution in [1.29, 1.82) is 0 Å². The van der Waals surface area contributed by atoms with Crippen LogP contribution in [0.1, 0.15) is 18.9 Å². The number of rotatable bonds is 5. The van der Waals surface area contributed by atoms with Crippen LogP contribution < -0.4 is 0 Å². The average Bonchev–Trinajstić information content (AvgIpc) is 2.21. The predicted octanol–water partition coefficient (Wildman–Crippen LogP) is 1.61. The van der Waals surface area contributed by atoms with E-state index in [1.165, 1.54) is 0 Å². The summed E-state index contributed by atoms with van der Waals surface area (Å²) in [6.07, 6.45) is 0.997. The molecule has 1 rings (SSSR count). The van der Waals surface area contributed by atoms with Crippen LogP contribution in [0.3, 0.4) is 0 Å². The third-order valence-corrected chi connectivity index (χ3v) is 2.59. The Morgan fingerprint density at radius 1 is 1.21 bits per heavy atom. The minimum atomic E-state index is -0.438. The standard InChI is InChI=1S/C12H18O2/c1-2-11(9-13)12(14)8-10-6-4-3-5-7-10/h3-7,11-14H,2,8-9H2,1H3/t11-,12-/m1/s1. The second-order valence-corrected chi connectivity index (χ2v) is 3.61. The molecule has 2 N–H and O–H groups in total. The van der Waals surface area contributed by atoms with Crippen LogP contribution >= 0.6 is 0 Å². The lowest BCUT2D eigenvalue weighted by molar-refractivity contribution is 0.0654. The van der Waals surface area contributed by atoms with Gasteiger partial charge in [-0.3, -0.25) is 0 Å². The molecule has 1 aromatic carbocycles. The van der Waals surface area contributed by atoms with Gasteiger partial charge in [-0.15, -0.1) is 0 Å². The highest BCUT2D eigenvalue weighted by molar-refractivity contribution is 5.15. The van der Waals surface area contributed by atoms with E-state index in [1.54, 1.807) is 0 Å². The van der Waals surface area contributed by atoms with Gasteiger partial charge in [0.25, 0.3) is 0 Å². The molecule has 2 heteroatoms. The Labute approximate surface area is 85.2 Å². The Morgan fingerprint density at radius 3 is 2.36 bits per heavy atom. The molecule has 2 atom stereocenters. The number of benzene rings is 1. The van der Waals surface area contributed by atoms with E-state index in [2.05, 4.69) is 0 Å². The number of aliphatic hydroxyl groups excluding tert-OH is 2. The minimum Gasteiger partial charge on any atom is -0.396 e. The maximum Gasteiger partial charge on any atom is 0.0630 e. The molecule has 2 nitrogen and oxygen atoms in total. The van der Waals surface area contributed by atoms with E-state index in [0.717, 1.165) is 12.0 Å². The molecule has 0 aliphatic heterocycles. The molecule has 0 saturated carbocycles. The van der Waals surface area contributed by atoms with E-state index in [9.17, 15) is 5.11 Å². The first-order chi connectivity index (χ1) is 6.77. The fourth-order valence-corrected chi connectivity index (χ4v) is 1.55. The van der Waals surface area contributed by atoms with Crippen molar-refractivity contribution in [3.8, 4) is 0 Å². The highest BCUT2D eigenvalue weighted by Crippen LogP contribution is 2.13. The van der Waals surface area contributed by atoms with Gasteiger partial charge < -0.3 is 10.2 Å². The first-order valence-electron chi connectivity index (χ1n) is 5.10. The van der Waals surface area contributed by atoms with E-state index in [1.807, 2.05) is 37.3 Å². The lowest BCUT2D eigenvalue weighted by Gasteiger charge is -2.19. The maximum absolute atomic E-state index is 9.80. The Kier molecular flexibility index (Phi) is 4.63. The van der Waals surface area contributed by atoms with Crippen molar-refractivity contribution in [1.82, 2.24) is 0 Å². The Balaban J connectivity index is 2.52. The zero-order chi connectivity index (χ0) is 10.4. The third-order valence-electron chi connectivity index (χ3n) is 2.59. The zero-order valence-corrected chi connectivity index (χ0v) is 8.56. The second kappa shape index (κ2) is 5.78. The fraction of sp³-hybridized carbons (Fsp3) is 0.500. The molecule has 0 radical (unpaired) electrons. The first kappa shape index (κ1) is 11.2. The van der Waals surface area contributed by atoms with Crippen LogP contribution in [-0.4, -0.2) is 22.9 Å². The van der Waals surface area contributed by atoms with Crippen LogP contribution in [0.4, 0.5) is 0 Å². The number of hydrogen-bond acceptors (Lipinski definition) is 2.